The molecule has 1 saturated heterocycles. The molecule has 3 heteroatoms. The van der Waals surface area contributed by atoms with Crippen molar-refractivity contribution in [3.8, 4) is 0 Å². The number of rotatable bonds is 6. The third-order valence-corrected chi connectivity index (χ3v) is 4.72. The quantitative estimate of drug-likeness (QED) is 0.506. The van der Waals surface area contributed by atoms with Crippen LogP contribution in [0.25, 0.3) is 0 Å². The van der Waals surface area contributed by atoms with Gasteiger partial charge >= 0.3 is 0 Å². The molecule has 0 N–H and O–H groups in total. The Hall–Kier alpha value is -0.440. The summed E-state index contributed by atoms with van der Waals surface area (Å²) < 4.78 is 32.2. The molecule has 0 aromatic heterocycles. The molecule has 2 rings (SSSR count). The molecular formula is C15H24F2O. The molecule has 0 aromatic carbocycles. The number of allylic oxidation sites excluding steroid dienone is 2. The van der Waals surface area contributed by atoms with Gasteiger partial charge in [0.1, 0.15) is 0 Å². The molecule has 2 unspecified atom stereocenters. The van der Waals surface area contributed by atoms with Crippen molar-refractivity contribution in [1.29, 1.82) is 0 Å². The Bertz CT molecular complexity index is 312. The van der Waals surface area contributed by atoms with E-state index in [1.165, 1.54) is 12.8 Å². The van der Waals surface area contributed by atoms with Gasteiger partial charge in [0.25, 0.3) is 5.92 Å². The van der Waals surface area contributed by atoms with E-state index in [2.05, 4.69) is 0 Å². The first-order valence-corrected chi connectivity index (χ1v) is 7.09. The fourth-order valence-corrected chi connectivity index (χ4v) is 3.02. The summed E-state index contributed by atoms with van der Waals surface area (Å²) in [6, 6.07) is 0. The molecule has 1 aliphatic heterocycles. The topological polar surface area (TPSA) is 9.23 Å². The Balaban J connectivity index is 1.69. The van der Waals surface area contributed by atoms with Crippen LogP contribution in [0.3, 0.4) is 0 Å². The standard InChI is InChI=1S/C15H24F2O/c1-12(2)15(16,17)8-5-3-4-7-14-9-6-13(14)10-18-11-14/h5,8,12-13H,3-4,6-7,9-11H2,1-2H3/b8-5+. The molecule has 1 heterocycles. The van der Waals surface area contributed by atoms with Crippen LogP contribution in [0, 0.1) is 17.3 Å². The summed E-state index contributed by atoms with van der Waals surface area (Å²) in [6.45, 7) is 4.92. The largest absolute Gasteiger partial charge is 0.381 e. The summed E-state index contributed by atoms with van der Waals surface area (Å²) in [5.74, 6) is -2.53. The highest BCUT2D eigenvalue weighted by Crippen LogP contribution is 2.54. The molecule has 0 amide bonds. The van der Waals surface area contributed by atoms with Gasteiger partial charge < -0.3 is 4.74 Å². The number of halogens is 2. The van der Waals surface area contributed by atoms with Crippen molar-refractivity contribution in [2.24, 2.45) is 17.3 Å². The van der Waals surface area contributed by atoms with E-state index in [1.807, 2.05) is 0 Å². The summed E-state index contributed by atoms with van der Waals surface area (Å²) in [7, 11) is 0. The van der Waals surface area contributed by atoms with Crippen molar-refractivity contribution >= 4 is 0 Å². The Morgan fingerprint density at radius 1 is 1.44 bits per heavy atom. The van der Waals surface area contributed by atoms with E-state index in [4.69, 9.17) is 4.74 Å². The van der Waals surface area contributed by atoms with Gasteiger partial charge in [0.15, 0.2) is 0 Å². The third kappa shape index (κ3) is 2.76. The first kappa shape index (κ1) is 14.0. The SMILES string of the molecule is CC(C)C(F)(F)/C=C/CCCC12CCC1COC2. The van der Waals surface area contributed by atoms with Crippen molar-refractivity contribution in [3.63, 3.8) is 0 Å². The number of alkyl halides is 2. The second-order valence-electron chi connectivity index (χ2n) is 6.24. The minimum Gasteiger partial charge on any atom is -0.381 e. The highest BCUT2D eigenvalue weighted by atomic mass is 19.3. The first-order chi connectivity index (χ1) is 8.46. The molecule has 1 nitrogen and oxygen atoms in total. The molecule has 2 fully saturated rings. The van der Waals surface area contributed by atoms with E-state index >= 15 is 0 Å². The predicted octanol–water partition coefficient (Wildman–Crippen LogP) is 4.43. The smallest absolute Gasteiger partial charge is 0.268 e. The fourth-order valence-electron chi connectivity index (χ4n) is 3.02. The summed E-state index contributed by atoms with van der Waals surface area (Å²) in [6.07, 6.45) is 8.19. The van der Waals surface area contributed by atoms with Gasteiger partial charge in [0.05, 0.1) is 13.2 Å². The number of fused-ring (bicyclic) bond motifs is 1. The van der Waals surface area contributed by atoms with Crippen LogP contribution in [-0.4, -0.2) is 19.1 Å². The van der Waals surface area contributed by atoms with E-state index in [9.17, 15) is 8.78 Å². The van der Waals surface area contributed by atoms with Crippen molar-refractivity contribution in [3.05, 3.63) is 12.2 Å². The number of hydrogen-bond acceptors (Lipinski definition) is 1. The molecule has 0 spiro atoms. The van der Waals surface area contributed by atoms with Gasteiger partial charge in [-0.25, -0.2) is 8.78 Å². The molecule has 0 bridgehead atoms. The molecule has 2 atom stereocenters. The van der Waals surface area contributed by atoms with Crippen LogP contribution in [0.5, 0.6) is 0 Å². The second-order valence-corrected chi connectivity index (χ2v) is 6.24. The van der Waals surface area contributed by atoms with E-state index < -0.39 is 11.8 Å². The minimum absolute atomic E-state index is 0.411. The highest BCUT2D eigenvalue weighted by molar-refractivity contribution is 5.00. The third-order valence-electron chi connectivity index (χ3n) is 4.72. The summed E-state index contributed by atoms with van der Waals surface area (Å²) in [5, 5.41) is 0. The molecule has 1 aliphatic carbocycles. The fraction of sp³-hybridized carbons (Fsp3) is 0.867. The van der Waals surface area contributed by atoms with Crippen molar-refractivity contribution in [2.45, 2.75) is 51.9 Å². The van der Waals surface area contributed by atoms with Crippen LogP contribution < -0.4 is 0 Å². The van der Waals surface area contributed by atoms with E-state index in [0.29, 0.717) is 5.41 Å². The van der Waals surface area contributed by atoms with Crippen LogP contribution in [0.1, 0.15) is 46.0 Å². The monoisotopic (exact) mass is 258 g/mol. The summed E-state index contributed by atoms with van der Waals surface area (Å²) in [5.41, 5.74) is 0.411. The zero-order valence-corrected chi connectivity index (χ0v) is 11.4. The lowest BCUT2D eigenvalue weighted by Gasteiger charge is -2.43. The van der Waals surface area contributed by atoms with Gasteiger partial charge in [0, 0.05) is 5.92 Å². The predicted molar refractivity (Wildman–Crippen MR) is 68.8 cm³/mol. The number of hydrogen-bond donors (Lipinski definition) is 0. The number of ether oxygens (including phenoxy) is 1. The van der Waals surface area contributed by atoms with E-state index in [-0.39, 0.29) is 0 Å². The molecular weight excluding hydrogens is 234 g/mol. The van der Waals surface area contributed by atoms with Gasteiger partial charge in [-0.1, -0.05) is 19.9 Å². The number of unbranched alkanes of at least 4 members (excludes halogenated alkanes) is 1. The lowest BCUT2D eigenvalue weighted by atomic mass is 9.60. The van der Waals surface area contributed by atoms with Gasteiger partial charge in [-0.3, -0.25) is 0 Å². The maximum Gasteiger partial charge on any atom is 0.268 e. The molecule has 1 saturated carbocycles. The maximum absolute atomic E-state index is 13.3. The van der Waals surface area contributed by atoms with Gasteiger partial charge in [0.2, 0.25) is 0 Å². The molecule has 0 aromatic rings. The van der Waals surface area contributed by atoms with Crippen LogP contribution in [0.2, 0.25) is 0 Å². The first-order valence-electron chi connectivity index (χ1n) is 7.09. The normalized spacial score (nSPS) is 31.9. The lowest BCUT2D eigenvalue weighted by molar-refractivity contribution is 0.00595. The summed E-state index contributed by atoms with van der Waals surface area (Å²) >= 11 is 0. The zero-order valence-electron chi connectivity index (χ0n) is 11.4. The zero-order chi connectivity index (χ0) is 13.2. The maximum atomic E-state index is 13.3. The second kappa shape index (κ2) is 5.28. The minimum atomic E-state index is -2.66. The van der Waals surface area contributed by atoms with Gasteiger partial charge in [-0.2, -0.15) is 0 Å². The van der Waals surface area contributed by atoms with Crippen LogP contribution in [-0.2, 0) is 4.74 Å². The van der Waals surface area contributed by atoms with E-state index in [0.717, 1.165) is 44.5 Å². The molecule has 18 heavy (non-hydrogen) atoms. The van der Waals surface area contributed by atoms with Crippen molar-refractivity contribution < 1.29 is 13.5 Å². The van der Waals surface area contributed by atoms with Crippen LogP contribution in [0.4, 0.5) is 8.78 Å². The van der Waals surface area contributed by atoms with Crippen molar-refractivity contribution in [1.82, 2.24) is 0 Å². The van der Waals surface area contributed by atoms with Gasteiger partial charge in [-0.05, 0) is 49.5 Å². The molecule has 104 valence electrons. The Morgan fingerprint density at radius 3 is 2.78 bits per heavy atom. The molecule has 2 aliphatic rings. The van der Waals surface area contributed by atoms with Crippen LogP contribution in [0.15, 0.2) is 12.2 Å². The van der Waals surface area contributed by atoms with Crippen LogP contribution >= 0.6 is 0 Å². The average Bonchev–Trinajstić information content (AvgIpc) is 2.55. The highest BCUT2D eigenvalue weighted by Gasteiger charge is 2.49. The van der Waals surface area contributed by atoms with E-state index in [1.54, 1.807) is 19.9 Å². The average molecular weight is 258 g/mol. The summed E-state index contributed by atoms with van der Waals surface area (Å²) in [4.78, 5) is 0. The molecule has 0 radical (unpaired) electrons. The van der Waals surface area contributed by atoms with Crippen molar-refractivity contribution in [2.75, 3.05) is 13.2 Å². The lowest BCUT2D eigenvalue weighted by Crippen LogP contribution is -2.38. The van der Waals surface area contributed by atoms with Gasteiger partial charge in [-0.15, -0.1) is 0 Å². The Kier molecular flexibility index (Phi) is 4.10. The Morgan fingerprint density at radius 2 is 2.22 bits per heavy atom. The Labute approximate surface area is 109 Å².